The Morgan fingerprint density at radius 2 is 1.03 bits per heavy atom. The molecule has 4 aromatic heterocycles. The molecule has 0 saturated carbocycles. The molecule has 62 heavy (non-hydrogen) atoms. The summed E-state index contributed by atoms with van der Waals surface area (Å²) in [4.78, 5) is 82.3. The highest BCUT2D eigenvalue weighted by Gasteiger charge is 2.47. The minimum atomic E-state index is -0.737. The largest absolute Gasteiger partial charge is 0.453 e. The second kappa shape index (κ2) is 16.8. The summed E-state index contributed by atoms with van der Waals surface area (Å²) in [6, 6.07) is 6.83. The van der Waals surface area contributed by atoms with Gasteiger partial charge in [0.25, 0.3) is 0 Å². The number of carbonyl (C=O) groups is 4. The number of ether oxygens (including phenoxy) is 2. The predicted octanol–water partition coefficient (Wildman–Crippen LogP) is 7.79. The van der Waals surface area contributed by atoms with Gasteiger partial charge in [0, 0.05) is 35.3 Å². The van der Waals surface area contributed by atoms with Gasteiger partial charge in [0.05, 0.1) is 80.5 Å². The number of thiazole rings is 2. The van der Waals surface area contributed by atoms with E-state index in [-0.39, 0.29) is 23.7 Å². The van der Waals surface area contributed by atoms with Crippen molar-refractivity contribution in [3.63, 3.8) is 0 Å². The van der Waals surface area contributed by atoms with Crippen LogP contribution in [0, 0.1) is 11.8 Å². The van der Waals surface area contributed by atoms with Gasteiger partial charge in [-0.05, 0) is 51.4 Å². The number of alkyl carbamates (subject to hydrolysis) is 2. The van der Waals surface area contributed by atoms with Crippen molar-refractivity contribution in [1.29, 1.82) is 0 Å². The van der Waals surface area contributed by atoms with E-state index in [9.17, 15) is 19.2 Å². The number of rotatable bonds is 11. The molecule has 2 saturated heterocycles. The molecule has 0 radical (unpaired) electrons. The van der Waals surface area contributed by atoms with Gasteiger partial charge in [-0.15, -0.1) is 22.7 Å². The zero-order valence-corrected chi connectivity index (χ0v) is 37.8. The van der Waals surface area contributed by atoms with Gasteiger partial charge in [-0.3, -0.25) is 9.59 Å². The van der Waals surface area contributed by atoms with Crippen molar-refractivity contribution in [2.75, 3.05) is 27.3 Å². The van der Waals surface area contributed by atoms with Gasteiger partial charge >= 0.3 is 12.2 Å². The monoisotopic (exact) mass is 880 g/mol. The highest BCUT2D eigenvalue weighted by molar-refractivity contribution is 7.17. The number of H-pyrrole nitrogens is 2. The summed E-state index contributed by atoms with van der Waals surface area (Å²) in [5.74, 6) is 0.734. The van der Waals surface area contributed by atoms with Crippen molar-refractivity contribution in [3.05, 3.63) is 59.3 Å². The van der Waals surface area contributed by atoms with Gasteiger partial charge in [0.1, 0.15) is 23.7 Å². The first-order valence-corrected chi connectivity index (χ1v) is 22.6. The minimum Gasteiger partial charge on any atom is -0.453 e. The first kappa shape index (κ1) is 42.8. The lowest BCUT2D eigenvalue weighted by Gasteiger charge is -2.37. The fraction of sp³-hybridized carbons (Fsp3) is 0.455. The molecule has 2 aromatic carbocycles. The van der Waals surface area contributed by atoms with E-state index in [4.69, 9.17) is 29.4 Å². The molecular weight excluding hydrogens is 829 g/mol. The van der Waals surface area contributed by atoms with Gasteiger partial charge in [-0.25, -0.2) is 29.5 Å². The van der Waals surface area contributed by atoms with Crippen LogP contribution in [0.2, 0.25) is 0 Å². The number of amides is 4. The van der Waals surface area contributed by atoms with E-state index in [2.05, 4.69) is 44.9 Å². The molecule has 0 bridgehead atoms. The maximum Gasteiger partial charge on any atom is 0.407 e. The number of nitrogens with zero attached hydrogens (tertiary/aromatic N) is 6. The molecule has 0 spiro atoms. The topological polar surface area (TPSA) is 200 Å². The first-order valence-electron chi connectivity index (χ1n) is 20.9. The van der Waals surface area contributed by atoms with Crippen LogP contribution in [0.4, 0.5) is 9.59 Å². The van der Waals surface area contributed by atoms with Crippen molar-refractivity contribution in [1.82, 2.24) is 50.3 Å². The first-order chi connectivity index (χ1) is 29.7. The minimum absolute atomic E-state index is 0.144. The third-order valence-electron chi connectivity index (χ3n) is 12.6. The van der Waals surface area contributed by atoms with E-state index in [0.717, 1.165) is 79.8 Å². The summed E-state index contributed by atoms with van der Waals surface area (Å²) in [7, 11) is 2.58. The van der Waals surface area contributed by atoms with Crippen LogP contribution < -0.4 is 10.6 Å². The molecule has 6 heterocycles. The molecule has 2 aliphatic rings. The van der Waals surface area contributed by atoms with E-state index in [1.165, 1.54) is 14.2 Å². The number of nitrogens with one attached hydrogen (secondary N) is 4. The summed E-state index contributed by atoms with van der Waals surface area (Å²) >= 11 is 3.10. The van der Waals surface area contributed by atoms with Gasteiger partial charge in [-0.2, -0.15) is 0 Å². The Kier molecular flexibility index (Phi) is 11.6. The standard InChI is InChI=1S/C44H52N10O6S2/c1-23(2)31(51-41(57)59-7)37(55)53-17-9-15-43(53,5)39-45-19-29(49-39)27-13-11-25(33-35(27)61-21-47-33)26-12-14-28(36-34(26)48-22-62-36)30-20-46-40(50-30)44(6)16-10-18-54(44)38(56)32(24(3)4)52-42(58)60-8/h11-14,19-24,31-32H,9-10,15-18H2,1-8H3,(H,45,49)(H,46,50)(H,51,57)(H,52,58). The Morgan fingerprint density at radius 3 is 1.40 bits per heavy atom. The molecule has 4 atom stereocenters. The van der Waals surface area contributed by atoms with Gasteiger partial charge in [0.15, 0.2) is 0 Å². The Hall–Kier alpha value is -5.88. The highest BCUT2D eigenvalue weighted by Crippen LogP contribution is 2.44. The molecule has 2 fully saturated rings. The maximum atomic E-state index is 13.9. The number of methoxy groups -OCH3 is 2. The Labute approximate surface area is 367 Å². The van der Waals surface area contributed by atoms with Crippen LogP contribution in [0.1, 0.15) is 78.9 Å². The molecule has 4 amide bonds. The maximum absolute atomic E-state index is 13.9. The van der Waals surface area contributed by atoms with Crippen molar-refractivity contribution in [2.45, 2.75) is 90.4 Å². The van der Waals surface area contributed by atoms with Crippen molar-refractivity contribution in [3.8, 4) is 33.6 Å². The van der Waals surface area contributed by atoms with Gasteiger partial charge in [-0.1, -0.05) is 52.0 Å². The molecule has 0 aliphatic carbocycles. The zero-order chi connectivity index (χ0) is 44.1. The van der Waals surface area contributed by atoms with E-state index >= 15 is 0 Å². The Bertz CT molecular complexity index is 2490. The quantitative estimate of drug-likeness (QED) is 0.0996. The average molecular weight is 881 g/mol. The molecule has 6 aromatic rings. The van der Waals surface area contributed by atoms with Gasteiger partial charge < -0.3 is 39.9 Å². The van der Waals surface area contributed by atoms with E-state index in [0.29, 0.717) is 24.7 Å². The smallest absolute Gasteiger partial charge is 0.407 e. The lowest BCUT2D eigenvalue weighted by molar-refractivity contribution is -0.139. The number of benzene rings is 2. The number of aromatic amines is 2. The zero-order valence-electron chi connectivity index (χ0n) is 36.1. The molecule has 2 aliphatic heterocycles. The summed E-state index contributed by atoms with van der Waals surface area (Å²) in [5, 5.41) is 5.45. The molecule has 18 heteroatoms. The number of imidazole rings is 2. The van der Waals surface area contributed by atoms with E-state index in [1.54, 1.807) is 22.7 Å². The number of aromatic nitrogens is 6. The second-order valence-electron chi connectivity index (χ2n) is 17.1. The van der Waals surface area contributed by atoms with Gasteiger partial charge in [0.2, 0.25) is 11.8 Å². The fourth-order valence-corrected chi connectivity index (χ4v) is 10.8. The summed E-state index contributed by atoms with van der Waals surface area (Å²) < 4.78 is 11.6. The van der Waals surface area contributed by atoms with Crippen LogP contribution in [0.3, 0.4) is 0 Å². The number of carbonyl (C=O) groups excluding carboxylic acids is 4. The lowest BCUT2D eigenvalue weighted by atomic mass is 9.95. The van der Waals surface area contributed by atoms with Crippen LogP contribution >= 0.6 is 22.7 Å². The van der Waals surface area contributed by atoms with E-state index < -0.39 is 35.3 Å². The van der Waals surface area contributed by atoms with Crippen LogP contribution in [0.25, 0.3) is 54.1 Å². The number of hydrogen-bond donors (Lipinski definition) is 4. The third-order valence-corrected chi connectivity index (χ3v) is 14.3. The summed E-state index contributed by atoms with van der Waals surface area (Å²) in [5.41, 5.74) is 9.38. The SMILES string of the molecule is COC(=O)NC(C(=O)N1CCCC1(C)c1ncc(-c2ccc(-c3ccc(-c4cnc(C5(C)CCCN5C(=O)C(NC(=O)OC)C(C)C)[nH]4)c4scnc34)c3ncsc23)[nH]1)C(C)C. The van der Waals surface area contributed by atoms with Crippen molar-refractivity contribution < 1.29 is 28.7 Å². The fourth-order valence-electron chi connectivity index (χ4n) is 9.08. The number of likely N-dealkylation sites (tertiary alicyclic amines) is 2. The normalized spacial score (nSPS) is 20.0. The second-order valence-corrected chi connectivity index (χ2v) is 18.8. The lowest BCUT2D eigenvalue weighted by Crippen LogP contribution is -2.55. The average Bonchev–Trinajstić information content (AvgIpc) is 4.12. The number of fused-ring (bicyclic) bond motifs is 2. The van der Waals surface area contributed by atoms with Crippen molar-refractivity contribution >= 4 is 67.1 Å². The third kappa shape index (κ3) is 7.35. The van der Waals surface area contributed by atoms with Crippen LogP contribution in [0.5, 0.6) is 0 Å². The molecule has 4 unspecified atom stereocenters. The molecule has 4 N–H and O–H groups in total. The van der Waals surface area contributed by atoms with Crippen molar-refractivity contribution in [2.24, 2.45) is 11.8 Å². The Morgan fingerprint density at radius 1 is 0.645 bits per heavy atom. The van der Waals surface area contributed by atoms with E-state index in [1.807, 2.05) is 74.8 Å². The molecule has 326 valence electrons. The summed E-state index contributed by atoms with van der Waals surface area (Å²) in [6.07, 6.45) is 5.39. The number of hydrogen-bond acceptors (Lipinski definition) is 12. The molecule has 16 nitrogen and oxygen atoms in total. The summed E-state index contributed by atoms with van der Waals surface area (Å²) in [6.45, 7) is 12.7. The van der Waals surface area contributed by atoms with Crippen LogP contribution in [0.15, 0.2) is 47.7 Å². The Balaban J connectivity index is 1.07. The van der Waals surface area contributed by atoms with Crippen LogP contribution in [-0.4, -0.2) is 103 Å². The predicted molar refractivity (Wildman–Crippen MR) is 238 cm³/mol. The molecular formula is C44H52N10O6S2. The van der Waals surface area contributed by atoms with Crippen LogP contribution in [-0.2, 0) is 30.1 Å². The highest BCUT2D eigenvalue weighted by atomic mass is 32.1. The molecule has 8 rings (SSSR count).